The van der Waals surface area contributed by atoms with Gasteiger partial charge in [-0.15, -0.1) is 5.10 Å². The molecular formula is C5H5IN2O. The summed E-state index contributed by atoms with van der Waals surface area (Å²) in [6.07, 6.45) is 1.63. The Bertz CT molecular complexity index is 204. The second-order valence-corrected chi connectivity index (χ2v) is 2.55. The quantitative estimate of drug-likeness (QED) is 0.684. The molecule has 1 rings (SSSR count). The molecule has 0 saturated heterocycles. The van der Waals surface area contributed by atoms with E-state index in [9.17, 15) is 0 Å². The maximum Gasteiger partial charge on any atom is 0.246 e. The highest BCUT2D eigenvalue weighted by molar-refractivity contribution is 14.1. The number of hydrogen-bond acceptors (Lipinski definition) is 3. The highest BCUT2D eigenvalue weighted by Crippen LogP contribution is 2.13. The van der Waals surface area contributed by atoms with Crippen LogP contribution < -0.4 is 4.74 Å². The summed E-state index contributed by atoms with van der Waals surface area (Å²) in [4.78, 5) is 0. The minimum Gasteiger partial charge on any atom is -0.479 e. The monoisotopic (exact) mass is 236 g/mol. The van der Waals surface area contributed by atoms with Gasteiger partial charge in [-0.25, -0.2) is 0 Å². The third-order valence-electron chi connectivity index (χ3n) is 0.834. The molecule has 1 aromatic heterocycles. The second-order valence-electron chi connectivity index (χ2n) is 1.39. The fourth-order valence-electron chi connectivity index (χ4n) is 0.442. The summed E-state index contributed by atoms with van der Waals surface area (Å²) < 4.78 is 5.84. The first-order chi connectivity index (χ1) is 4.34. The minimum absolute atomic E-state index is 0.582. The van der Waals surface area contributed by atoms with Gasteiger partial charge in [0, 0.05) is 0 Å². The molecule has 3 nitrogen and oxygen atoms in total. The van der Waals surface area contributed by atoms with Crippen LogP contribution in [0, 0.1) is 3.57 Å². The zero-order valence-corrected chi connectivity index (χ0v) is 6.99. The van der Waals surface area contributed by atoms with E-state index < -0.39 is 0 Å². The van der Waals surface area contributed by atoms with Crippen LogP contribution in [0.5, 0.6) is 5.88 Å². The molecule has 0 aliphatic heterocycles. The van der Waals surface area contributed by atoms with Crippen molar-refractivity contribution < 1.29 is 4.74 Å². The molecule has 0 saturated carbocycles. The van der Waals surface area contributed by atoms with Crippen molar-refractivity contribution in [1.29, 1.82) is 0 Å². The van der Waals surface area contributed by atoms with E-state index in [4.69, 9.17) is 4.74 Å². The number of methoxy groups -OCH3 is 1. The molecule has 0 aromatic carbocycles. The van der Waals surface area contributed by atoms with Crippen molar-refractivity contribution in [3.63, 3.8) is 0 Å². The Labute approximate surface area is 66.6 Å². The largest absolute Gasteiger partial charge is 0.479 e. The van der Waals surface area contributed by atoms with Crippen LogP contribution in [-0.2, 0) is 0 Å². The Kier molecular flexibility index (Phi) is 2.21. The average Bonchev–Trinajstić information content (AvgIpc) is 1.89. The molecule has 1 heterocycles. The smallest absolute Gasteiger partial charge is 0.246 e. The lowest BCUT2D eigenvalue weighted by atomic mass is 10.6. The predicted octanol–water partition coefficient (Wildman–Crippen LogP) is 1.09. The van der Waals surface area contributed by atoms with Gasteiger partial charge in [0.25, 0.3) is 0 Å². The lowest BCUT2D eigenvalue weighted by Gasteiger charge is -1.96. The molecule has 48 valence electrons. The van der Waals surface area contributed by atoms with E-state index in [1.807, 2.05) is 6.07 Å². The van der Waals surface area contributed by atoms with Crippen molar-refractivity contribution in [2.24, 2.45) is 0 Å². The van der Waals surface area contributed by atoms with Crippen molar-refractivity contribution in [3.8, 4) is 5.88 Å². The van der Waals surface area contributed by atoms with Gasteiger partial charge in [0.05, 0.1) is 16.9 Å². The molecule has 0 unspecified atom stereocenters. The van der Waals surface area contributed by atoms with Crippen molar-refractivity contribution in [2.45, 2.75) is 0 Å². The predicted molar refractivity (Wildman–Crippen MR) is 41.3 cm³/mol. The van der Waals surface area contributed by atoms with Crippen molar-refractivity contribution in [1.82, 2.24) is 10.2 Å². The lowest BCUT2D eigenvalue weighted by Crippen LogP contribution is -1.91. The van der Waals surface area contributed by atoms with Gasteiger partial charge in [0.2, 0.25) is 5.88 Å². The first-order valence-corrected chi connectivity index (χ1v) is 3.43. The van der Waals surface area contributed by atoms with Gasteiger partial charge in [0.1, 0.15) is 0 Å². The molecule has 1 aromatic rings. The number of ether oxygens (including phenoxy) is 1. The molecule has 0 aliphatic carbocycles. The third kappa shape index (κ3) is 1.51. The summed E-state index contributed by atoms with van der Waals surface area (Å²) in [5.74, 6) is 0.582. The number of rotatable bonds is 1. The fraction of sp³-hybridized carbons (Fsp3) is 0.200. The Morgan fingerprint density at radius 1 is 1.67 bits per heavy atom. The summed E-state index contributed by atoms with van der Waals surface area (Å²) in [5, 5.41) is 7.35. The lowest BCUT2D eigenvalue weighted by molar-refractivity contribution is 0.388. The highest BCUT2D eigenvalue weighted by atomic mass is 127. The Balaban J connectivity index is 3.01. The molecule has 0 amide bonds. The van der Waals surface area contributed by atoms with Gasteiger partial charge in [-0.05, 0) is 28.7 Å². The van der Waals surface area contributed by atoms with Crippen molar-refractivity contribution in [3.05, 3.63) is 15.8 Å². The number of aromatic nitrogens is 2. The van der Waals surface area contributed by atoms with Crippen LogP contribution in [0.1, 0.15) is 0 Å². The normalized spacial score (nSPS) is 9.11. The molecule has 9 heavy (non-hydrogen) atoms. The maximum absolute atomic E-state index is 4.86. The van der Waals surface area contributed by atoms with Crippen LogP contribution in [0.15, 0.2) is 12.3 Å². The van der Waals surface area contributed by atoms with E-state index in [0.29, 0.717) is 5.88 Å². The standard InChI is InChI=1S/C5H5IN2O/c1-9-5-4(6)2-3-7-8-5/h2-3H,1H3. The summed E-state index contributed by atoms with van der Waals surface area (Å²) in [6.45, 7) is 0. The summed E-state index contributed by atoms with van der Waals surface area (Å²) in [6, 6.07) is 1.84. The van der Waals surface area contributed by atoms with E-state index in [0.717, 1.165) is 3.57 Å². The molecule has 0 N–H and O–H groups in total. The van der Waals surface area contributed by atoms with E-state index in [1.54, 1.807) is 13.3 Å². The minimum atomic E-state index is 0.582. The molecule has 0 aliphatic rings. The second kappa shape index (κ2) is 2.95. The van der Waals surface area contributed by atoms with Crippen LogP contribution >= 0.6 is 22.6 Å². The zero-order chi connectivity index (χ0) is 6.69. The van der Waals surface area contributed by atoms with Gasteiger partial charge >= 0.3 is 0 Å². The van der Waals surface area contributed by atoms with Crippen LogP contribution in [0.2, 0.25) is 0 Å². The average molecular weight is 236 g/mol. The molecule has 4 heteroatoms. The fourth-order valence-corrected chi connectivity index (χ4v) is 0.931. The van der Waals surface area contributed by atoms with Crippen LogP contribution in [0.4, 0.5) is 0 Å². The molecule has 0 radical (unpaired) electrons. The molecule has 0 fully saturated rings. The summed E-state index contributed by atoms with van der Waals surface area (Å²) in [7, 11) is 1.58. The van der Waals surface area contributed by atoms with Gasteiger partial charge in [-0.1, -0.05) is 0 Å². The van der Waals surface area contributed by atoms with Crippen LogP contribution in [0.3, 0.4) is 0 Å². The molecule has 0 spiro atoms. The van der Waals surface area contributed by atoms with Crippen LogP contribution in [0.25, 0.3) is 0 Å². The van der Waals surface area contributed by atoms with E-state index in [2.05, 4.69) is 32.8 Å². The number of halogens is 1. The number of nitrogens with zero attached hydrogens (tertiary/aromatic N) is 2. The summed E-state index contributed by atoms with van der Waals surface area (Å²) in [5.41, 5.74) is 0. The third-order valence-corrected chi connectivity index (χ3v) is 1.65. The molecule has 0 bridgehead atoms. The maximum atomic E-state index is 4.86. The van der Waals surface area contributed by atoms with Crippen molar-refractivity contribution in [2.75, 3.05) is 7.11 Å². The Morgan fingerprint density at radius 2 is 2.44 bits per heavy atom. The van der Waals surface area contributed by atoms with E-state index in [-0.39, 0.29) is 0 Å². The topological polar surface area (TPSA) is 35.0 Å². The van der Waals surface area contributed by atoms with Gasteiger partial charge in [0.15, 0.2) is 0 Å². The molecular weight excluding hydrogens is 231 g/mol. The SMILES string of the molecule is COc1nnccc1I. The first kappa shape index (κ1) is 6.73. The molecule has 0 atom stereocenters. The zero-order valence-electron chi connectivity index (χ0n) is 4.84. The van der Waals surface area contributed by atoms with Gasteiger partial charge in [-0.2, -0.15) is 5.10 Å². The number of hydrogen-bond donors (Lipinski definition) is 0. The van der Waals surface area contributed by atoms with Gasteiger partial charge in [-0.3, -0.25) is 0 Å². The highest BCUT2D eigenvalue weighted by Gasteiger charge is 1.96. The van der Waals surface area contributed by atoms with E-state index >= 15 is 0 Å². The Morgan fingerprint density at radius 3 is 2.89 bits per heavy atom. The van der Waals surface area contributed by atoms with Crippen molar-refractivity contribution >= 4 is 22.6 Å². The first-order valence-electron chi connectivity index (χ1n) is 2.36. The van der Waals surface area contributed by atoms with Gasteiger partial charge < -0.3 is 4.74 Å². The summed E-state index contributed by atoms with van der Waals surface area (Å²) >= 11 is 2.13. The van der Waals surface area contributed by atoms with Crippen LogP contribution in [-0.4, -0.2) is 17.3 Å². The Hall–Kier alpha value is -0.390. The van der Waals surface area contributed by atoms with E-state index in [1.165, 1.54) is 0 Å².